The van der Waals surface area contributed by atoms with Crippen LogP contribution in [0.5, 0.6) is 0 Å². The van der Waals surface area contributed by atoms with Crippen molar-refractivity contribution in [3.63, 3.8) is 0 Å². The van der Waals surface area contributed by atoms with Gasteiger partial charge in [-0.15, -0.1) is 0 Å². The van der Waals surface area contributed by atoms with Gasteiger partial charge in [0, 0.05) is 12.8 Å². The van der Waals surface area contributed by atoms with E-state index in [-0.39, 0.29) is 17.9 Å². The highest BCUT2D eigenvalue weighted by Gasteiger charge is 2.16. The number of rotatable bonds is 3. The number of carbonyl (C=O) groups is 2. The predicted octanol–water partition coefficient (Wildman–Crippen LogP) is 1.62. The lowest BCUT2D eigenvalue weighted by atomic mass is 10.0. The third-order valence-electron chi connectivity index (χ3n) is 1.91. The van der Waals surface area contributed by atoms with Gasteiger partial charge in [0.2, 0.25) is 0 Å². The number of esters is 1. The first kappa shape index (κ1) is 9.96. The second kappa shape index (κ2) is 4.80. The zero-order chi connectivity index (χ0) is 9.68. The molecule has 0 aliphatic heterocycles. The summed E-state index contributed by atoms with van der Waals surface area (Å²) >= 11 is 0. The van der Waals surface area contributed by atoms with Crippen molar-refractivity contribution in [3.05, 3.63) is 12.2 Å². The van der Waals surface area contributed by atoms with E-state index in [0.29, 0.717) is 19.3 Å². The van der Waals surface area contributed by atoms with Crippen molar-refractivity contribution in [3.8, 4) is 0 Å². The van der Waals surface area contributed by atoms with E-state index >= 15 is 0 Å². The molecule has 0 heterocycles. The molecule has 1 unspecified atom stereocenters. The smallest absolute Gasteiger partial charge is 0.306 e. The quantitative estimate of drug-likeness (QED) is 0.623. The first-order valence-corrected chi connectivity index (χ1v) is 4.63. The highest BCUT2D eigenvalue weighted by Crippen LogP contribution is 2.12. The van der Waals surface area contributed by atoms with Gasteiger partial charge in [0.25, 0.3) is 0 Å². The van der Waals surface area contributed by atoms with Crippen LogP contribution in [0, 0.1) is 0 Å². The maximum atomic E-state index is 11.1. The molecule has 0 fully saturated rings. The Morgan fingerprint density at radius 3 is 3.00 bits per heavy atom. The maximum absolute atomic E-state index is 11.1. The van der Waals surface area contributed by atoms with Crippen LogP contribution in [0.4, 0.5) is 0 Å². The summed E-state index contributed by atoms with van der Waals surface area (Å²) in [5, 5.41) is 0. The lowest BCUT2D eigenvalue weighted by molar-refractivity contribution is -0.147. The first-order chi connectivity index (χ1) is 6.22. The van der Waals surface area contributed by atoms with Crippen LogP contribution < -0.4 is 0 Å². The second-order valence-electron chi connectivity index (χ2n) is 3.14. The Morgan fingerprint density at radius 2 is 2.46 bits per heavy atom. The van der Waals surface area contributed by atoms with Gasteiger partial charge in [0.05, 0.1) is 0 Å². The third-order valence-corrected chi connectivity index (χ3v) is 1.91. The van der Waals surface area contributed by atoms with Crippen LogP contribution in [-0.4, -0.2) is 17.9 Å². The van der Waals surface area contributed by atoms with Crippen molar-refractivity contribution in [2.75, 3.05) is 0 Å². The monoisotopic (exact) mass is 182 g/mol. The molecule has 3 heteroatoms. The Hall–Kier alpha value is -1.12. The molecule has 0 radical (unpaired) electrons. The zero-order valence-corrected chi connectivity index (χ0v) is 7.79. The van der Waals surface area contributed by atoms with Gasteiger partial charge < -0.3 is 4.74 Å². The van der Waals surface area contributed by atoms with E-state index < -0.39 is 0 Å². The summed E-state index contributed by atoms with van der Waals surface area (Å²) < 4.78 is 5.10. The van der Waals surface area contributed by atoms with E-state index in [1.807, 2.05) is 6.92 Å². The van der Waals surface area contributed by atoms with Crippen LogP contribution in [0.3, 0.4) is 0 Å². The molecule has 1 atom stereocenters. The van der Waals surface area contributed by atoms with Crippen LogP contribution in [-0.2, 0) is 14.3 Å². The molecule has 0 aromatic rings. The van der Waals surface area contributed by atoms with Gasteiger partial charge in [-0.25, -0.2) is 0 Å². The van der Waals surface area contributed by atoms with Crippen LogP contribution in [0.15, 0.2) is 12.2 Å². The van der Waals surface area contributed by atoms with Crippen molar-refractivity contribution in [2.24, 2.45) is 0 Å². The normalized spacial score (nSPS) is 21.6. The maximum Gasteiger partial charge on any atom is 0.306 e. The first-order valence-electron chi connectivity index (χ1n) is 4.63. The number of hydrogen-bond acceptors (Lipinski definition) is 3. The average Bonchev–Trinajstić information content (AvgIpc) is 2.09. The zero-order valence-electron chi connectivity index (χ0n) is 7.79. The van der Waals surface area contributed by atoms with Crippen LogP contribution in [0.1, 0.15) is 32.6 Å². The number of ether oxygens (including phenoxy) is 1. The van der Waals surface area contributed by atoms with E-state index in [1.54, 1.807) is 6.08 Å². The molecule has 1 rings (SSSR count). The number of ketones is 1. The average molecular weight is 182 g/mol. The van der Waals surface area contributed by atoms with E-state index in [0.717, 1.165) is 6.42 Å². The fourth-order valence-corrected chi connectivity index (χ4v) is 1.21. The van der Waals surface area contributed by atoms with Crippen LogP contribution in [0.25, 0.3) is 0 Å². The van der Waals surface area contributed by atoms with E-state index in [1.165, 1.54) is 6.08 Å². The molecule has 0 aromatic carbocycles. The molecular weight excluding hydrogens is 168 g/mol. The lowest BCUT2D eigenvalue weighted by Gasteiger charge is -2.16. The Kier molecular flexibility index (Phi) is 3.68. The van der Waals surface area contributed by atoms with Crippen molar-refractivity contribution in [2.45, 2.75) is 38.7 Å². The van der Waals surface area contributed by atoms with Gasteiger partial charge in [-0.1, -0.05) is 6.92 Å². The van der Waals surface area contributed by atoms with Crippen LogP contribution in [0.2, 0.25) is 0 Å². The summed E-state index contributed by atoms with van der Waals surface area (Å²) in [4.78, 5) is 21.8. The van der Waals surface area contributed by atoms with E-state index in [2.05, 4.69) is 0 Å². The SMILES string of the molecule is CCCC(=O)OC1C=CC(=O)CC1. The summed E-state index contributed by atoms with van der Waals surface area (Å²) in [5.41, 5.74) is 0. The summed E-state index contributed by atoms with van der Waals surface area (Å²) in [5.74, 6) is -0.0608. The minimum absolute atomic E-state index is 0.114. The molecule has 72 valence electrons. The predicted molar refractivity (Wildman–Crippen MR) is 48.2 cm³/mol. The molecule has 0 N–H and O–H groups in total. The fourth-order valence-electron chi connectivity index (χ4n) is 1.21. The lowest BCUT2D eigenvalue weighted by Crippen LogP contribution is -2.20. The van der Waals surface area contributed by atoms with Gasteiger partial charge in [0.1, 0.15) is 6.10 Å². The topological polar surface area (TPSA) is 43.4 Å². The highest BCUT2D eigenvalue weighted by atomic mass is 16.5. The Morgan fingerprint density at radius 1 is 1.69 bits per heavy atom. The Bertz CT molecular complexity index is 230. The molecule has 3 nitrogen and oxygen atoms in total. The minimum atomic E-state index is -0.184. The molecule has 0 amide bonds. The highest BCUT2D eigenvalue weighted by molar-refractivity contribution is 5.90. The van der Waals surface area contributed by atoms with Gasteiger partial charge >= 0.3 is 5.97 Å². The van der Waals surface area contributed by atoms with E-state index in [4.69, 9.17) is 4.74 Å². The van der Waals surface area contributed by atoms with Gasteiger partial charge in [-0.05, 0) is 25.0 Å². The van der Waals surface area contributed by atoms with Crippen LogP contribution >= 0.6 is 0 Å². The molecule has 1 aliphatic rings. The van der Waals surface area contributed by atoms with Gasteiger partial charge in [-0.3, -0.25) is 9.59 Å². The molecule has 1 aliphatic carbocycles. The van der Waals surface area contributed by atoms with Crippen molar-refractivity contribution >= 4 is 11.8 Å². The summed E-state index contributed by atoms with van der Waals surface area (Å²) in [6.45, 7) is 1.93. The summed E-state index contributed by atoms with van der Waals surface area (Å²) in [6.07, 6.45) is 5.35. The Labute approximate surface area is 77.8 Å². The number of carbonyl (C=O) groups excluding carboxylic acids is 2. The minimum Gasteiger partial charge on any atom is -0.458 e. The molecular formula is C10H14O3. The molecule has 0 spiro atoms. The number of allylic oxidation sites excluding steroid dienone is 1. The van der Waals surface area contributed by atoms with Gasteiger partial charge in [-0.2, -0.15) is 0 Å². The standard InChI is InChI=1S/C10H14O3/c1-2-3-10(12)13-9-6-4-8(11)5-7-9/h4,6,9H,2-3,5,7H2,1H3. The molecule has 0 aromatic heterocycles. The van der Waals surface area contributed by atoms with E-state index in [9.17, 15) is 9.59 Å². The Balaban J connectivity index is 2.34. The van der Waals surface area contributed by atoms with Gasteiger partial charge in [0.15, 0.2) is 5.78 Å². The summed E-state index contributed by atoms with van der Waals surface area (Å²) in [6, 6.07) is 0. The van der Waals surface area contributed by atoms with Crippen molar-refractivity contribution in [1.82, 2.24) is 0 Å². The summed E-state index contributed by atoms with van der Waals surface area (Å²) in [7, 11) is 0. The largest absolute Gasteiger partial charge is 0.458 e. The molecule has 13 heavy (non-hydrogen) atoms. The third kappa shape index (κ3) is 3.40. The fraction of sp³-hybridized carbons (Fsp3) is 0.600. The number of hydrogen-bond donors (Lipinski definition) is 0. The van der Waals surface area contributed by atoms with Crippen molar-refractivity contribution in [1.29, 1.82) is 0 Å². The van der Waals surface area contributed by atoms with Crippen molar-refractivity contribution < 1.29 is 14.3 Å². The second-order valence-corrected chi connectivity index (χ2v) is 3.14. The molecule has 0 saturated heterocycles. The molecule has 0 bridgehead atoms. The molecule has 0 saturated carbocycles.